The summed E-state index contributed by atoms with van der Waals surface area (Å²) in [5, 5.41) is 3.33. The van der Waals surface area contributed by atoms with Crippen molar-refractivity contribution in [2.45, 2.75) is 45.2 Å². The molecule has 0 aromatic heterocycles. The van der Waals surface area contributed by atoms with Crippen LogP contribution < -0.4 is 5.32 Å². The van der Waals surface area contributed by atoms with Crippen molar-refractivity contribution in [1.29, 1.82) is 0 Å². The van der Waals surface area contributed by atoms with Crippen molar-refractivity contribution in [1.82, 2.24) is 5.32 Å². The Hall–Kier alpha value is -0.960. The Kier molecular flexibility index (Phi) is 3.77. The van der Waals surface area contributed by atoms with Gasteiger partial charge in [-0.3, -0.25) is 0 Å². The molecule has 0 amide bonds. The van der Waals surface area contributed by atoms with E-state index in [9.17, 15) is 8.78 Å². The highest BCUT2D eigenvalue weighted by Crippen LogP contribution is 2.33. The summed E-state index contributed by atoms with van der Waals surface area (Å²) in [6.07, 6.45) is 3.75. The standard InChI is InChI=1S/C14H19F2N/c1-9(7-11-3-4-11)17-10(2)13-8-12(15)5-6-14(13)16/h5-6,8-11,17H,3-4,7H2,1-2H3. The van der Waals surface area contributed by atoms with Crippen LogP contribution in [0.25, 0.3) is 0 Å². The first-order chi connectivity index (χ1) is 8.06. The molecule has 1 aliphatic carbocycles. The number of rotatable bonds is 5. The topological polar surface area (TPSA) is 12.0 Å². The molecular weight excluding hydrogens is 220 g/mol. The van der Waals surface area contributed by atoms with Crippen LogP contribution in [0.15, 0.2) is 18.2 Å². The maximum absolute atomic E-state index is 13.5. The highest BCUT2D eigenvalue weighted by atomic mass is 19.1. The maximum Gasteiger partial charge on any atom is 0.128 e. The molecule has 1 N–H and O–H groups in total. The average Bonchev–Trinajstić information content (AvgIpc) is 3.05. The van der Waals surface area contributed by atoms with Crippen LogP contribution in [-0.2, 0) is 0 Å². The Morgan fingerprint density at radius 2 is 2.00 bits per heavy atom. The van der Waals surface area contributed by atoms with Gasteiger partial charge in [-0.25, -0.2) is 8.78 Å². The van der Waals surface area contributed by atoms with E-state index >= 15 is 0 Å². The summed E-state index contributed by atoms with van der Waals surface area (Å²) in [4.78, 5) is 0. The zero-order valence-corrected chi connectivity index (χ0v) is 10.3. The average molecular weight is 239 g/mol. The largest absolute Gasteiger partial charge is 0.308 e. The predicted octanol–water partition coefficient (Wildman–Crippen LogP) is 3.80. The van der Waals surface area contributed by atoms with Gasteiger partial charge in [-0.2, -0.15) is 0 Å². The zero-order valence-electron chi connectivity index (χ0n) is 10.3. The lowest BCUT2D eigenvalue weighted by Gasteiger charge is -2.20. The molecule has 1 saturated carbocycles. The Morgan fingerprint density at radius 1 is 1.29 bits per heavy atom. The van der Waals surface area contributed by atoms with E-state index in [1.807, 2.05) is 6.92 Å². The van der Waals surface area contributed by atoms with Gasteiger partial charge in [-0.15, -0.1) is 0 Å². The second-order valence-electron chi connectivity index (χ2n) is 5.13. The quantitative estimate of drug-likeness (QED) is 0.824. The molecular formula is C14H19F2N. The minimum absolute atomic E-state index is 0.153. The fourth-order valence-electron chi connectivity index (χ4n) is 2.28. The van der Waals surface area contributed by atoms with Gasteiger partial charge in [0.2, 0.25) is 0 Å². The van der Waals surface area contributed by atoms with E-state index in [2.05, 4.69) is 12.2 Å². The lowest BCUT2D eigenvalue weighted by Crippen LogP contribution is -2.29. The highest BCUT2D eigenvalue weighted by molar-refractivity contribution is 5.21. The van der Waals surface area contributed by atoms with E-state index in [-0.39, 0.29) is 17.7 Å². The van der Waals surface area contributed by atoms with Crippen molar-refractivity contribution in [3.63, 3.8) is 0 Å². The summed E-state index contributed by atoms with van der Waals surface area (Å²) >= 11 is 0. The van der Waals surface area contributed by atoms with Gasteiger partial charge in [0.05, 0.1) is 0 Å². The summed E-state index contributed by atoms with van der Waals surface area (Å²) in [6.45, 7) is 3.98. The summed E-state index contributed by atoms with van der Waals surface area (Å²) in [5.74, 6) is 0.108. The second-order valence-corrected chi connectivity index (χ2v) is 5.13. The third-order valence-corrected chi connectivity index (χ3v) is 3.34. The number of hydrogen-bond acceptors (Lipinski definition) is 1. The first-order valence-corrected chi connectivity index (χ1v) is 6.27. The summed E-state index contributed by atoms with van der Waals surface area (Å²) in [5.41, 5.74) is 0.410. The molecule has 2 rings (SSSR count). The van der Waals surface area contributed by atoms with Crippen LogP contribution in [0.4, 0.5) is 8.78 Å². The van der Waals surface area contributed by atoms with Crippen LogP contribution in [0.5, 0.6) is 0 Å². The molecule has 0 aliphatic heterocycles. The normalized spacial score (nSPS) is 19.1. The first-order valence-electron chi connectivity index (χ1n) is 6.27. The molecule has 0 bridgehead atoms. The van der Waals surface area contributed by atoms with Gasteiger partial charge in [-0.05, 0) is 44.4 Å². The van der Waals surface area contributed by atoms with Gasteiger partial charge in [0.15, 0.2) is 0 Å². The number of benzene rings is 1. The van der Waals surface area contributed by atoms with E-state index in [1.165, 1.54) is 25.0 Å². The minimum atomic E-state index is -0.384. The van der Waals surface area contributed by atoms with Crippen molar-refractivity contribution in [3.05, 3.63) is 35.4 Å². The Balaban J connectivity index is 1.97. The molecule has 17 heavy (non-hydrogen) atoms. The van der Waals surface area contributed by atoms with Crippen molar-refractivity contribution >= 4 is 0 Å². The van der Waals surface area contributed by atoms with Crippen LogP contribution in [-0.4, -0.2) is 6.04 Å². The van der Waals surface area contributed by atoms with Crippen molar-refractivity contribution in [2.24, 2.45) is 5.92 Å². The van der Waals surface area contributed by atoms with E-state index in [4.69, 9.17) is 0 Å². The lowest BCUT2D eigenvalue weighted by atomic mass is 10.1. The van der Waals surface area contributed by atoms with Crippen molar-refractivity contribution in [2.75, 3.05) is 0 Å². The van der Waals surface area contributed by atoms with E-state index in [0.717, 1.165) is 18.4 Å². The Bertz CT molecular complexity index is 388. The van der Waals surface area contributed by atoms with Crippen LogP contribution >= 0.6 is 0 Å². The minimum Gasteiger partial charge on any atom is -0.308 e. The molecule has 2 atom stereocenters. The maximum atomic E-state index is 13.5. The van der Waals surface area contributed by atoms with E-state index in [0.29, 0.717) is 11.6 Å². The fraction of sp³-hybridized carbons (Fsp3) is 0.571. The molecule has 94 valence electrons. The molecule has 3 heteroatoms. The fourth-order valence-corrected chi connectivity index (χ4v) is 2.28. The smallest absolute Gasteiger partial charge is 0.128 e. The van der Waals surface area contributed by atoms with Gasteiger partial charge in [0.1, 0.15) is 11.6 Å². The third kappa shape index (κ3) is 3.50. The Labute approximate surface area is 101 Å². The van der Waals surface area contributed by atoms with Gasteiger partial charge in [0.25, 0.3) is 0 Å². The van der Waals surface area contributed by atoms with Gasteiger partial charge >= 0.3 is 0 Å². The monoisotopic (exact) mass is 239 g/mol. The van der Waals surface area contributed by atoms with Crippen LogP contribution in [0.3, 0.4) is 0 Å². The molecule has 1 fully saturated rings. The summed E-state index contributed by atoms with van der Waals surface area (Å²) < 4.78 is 26.6. The summed E-state index contributed by atoms with van der Waals surface area (Å²) in [7, 11) is 0. The molecule has 2 unspecified atom stereocenters. The molecule has 1 aromatic carbocycles. The molecule has 0 radical (unpaired) electrons. The van der Waals surface area contributed by atoms with Crippen LogP contribution in [0.2, 0.25) is 0 Å². The molecule has 1 aromatic rings. The number of halogens is 2. The first kappa shape index (κ1) is 12.5. The number of nitrogens with one attached hydrogen (secondary N) is 1. The van der Waals surface area contributed by atoms with Gasteiger partial charge in [-0.1, -0.05) is 12.8 Å². The van der Waals surface area contributed by atoms with Crippen LogP contribution in [0.1, 0.15) is 44.7 Å². The lowest BCUT2D eigenvalue weighted by molar-refractivity contribution is 0.426. The number of hydrogen-bond donors (Lipinski definition) is 1. The van der Waals surface area contributed by atoms with Crippen molar-refractivity contribution < 1.29 is 8.78 Å². The van der Waals surface area contributed by atoms with E-state index in [1.54, 1.807) is 0 Å². The third-order valence-electron chi connectivity index (χ3n) is 3.34. The molecule has 0 saturated heterocycles. The van der Waals surface area contributed by atoms with E-state index < -0.39 is 0 Å². The van der Waals surface area contributed by atoms with Gasteiger partial charge < -0.3 is 5.32 Å². The SMILES string of the molecule is CC(CC1CC1)NC(C)c1cc(F)ccc1F. The summed E-state index contributed by atoms with van der Waals surface area (Å²) in [6, 6.07) is 3.81. The van der Waals surface area contributed by atoms with Gasteiger partial charge in [0, 0.05) is 17.6 Å². The molecule has 0 spiro atoms. The van der Waals surface area contributed by atoms with Crippen molar-refractivity contribution in [3.8, 4) is 0 Å². The molecule has 1 nitrogen and oxygen atoms in total. The van der Waals surface area contributed by atoms with Crippen LogP contribution in [0, 0.1) is 17.6 Å². The zero-order chi connectivity index (χ0) is 12.4. The predicted molar refractivity (Wildman–Crippen MR) is 64.7 cm³/mol. The molecule has 1 aliphatic rings. The molecule has 0 heterocycles. The highest BCUT2D eigenvalue weighted by Gasteiger charge is 2.24. The second kappa shape index (κ2) is 5.13. The Morgan fingerprint density at radius 3 is 2.65 bits per heavy atom.